The van der Waals surface area contributed by atoms with Crippen LogP contribution in [0.5, 0.6) is 0 Å². The number of rotatable bonds is 2. The minimum absolute atomic E-state index is 0.0657. The summed E-state index contributed by atoms with van der Waals surface area (Å²) in [5.41, 5.74) is 2.56. The normalized spacial score (nSPS) is 11.2. The number of fused-ring (bicyclic) bond motifs is 4. The summed E-state index contributed by atoms with van der Waals surface area (Å²) < 4.78 is 0. The quantitative estimate of drug-likeness (QED) is 0.256. The number of nitro groups is 1. The number of hydrogen-bond acceptors (Lipinski definition) is 4. The topological polar surface area (TPSA) is 68.1 Å². The molecule has 0 saturated carbocycles. The zero-order valence-electron chi connectivity index (χ0n) is 12.4. The van der Waals surface area contributed by atoms with Crippen molar-refractivity contribution < 1.29 is 4.92 Å². The minimum atomic E-state index is -0.385. The van der Waals surface area contributed by atoms with E-state index in [4.69, 9.17) is 4.98 Å². The summed E-state index contributed by atoms with van der Waals surface area (Å²) in [7, 11) is 1.82. The summed E-state index contributed by atoms with van der Waals surface area (Å²) in [5, 5.41) is 18.1. The van der Waals surface area contributed by atoms with Crippen molar-refractivity contribution >= 4 is 44.0 Å². The van der Waals surface area contributed by atoms with Crippen LogP contribution in [0, 0.1) is 10.1 Å². The average molecular weight is 303 g/mol. The standard InChI is InChI=1S/C18H13N3O2/c1-19-17-14-8-6-11-4-2-3-5-13(11)18(14)20-16-9-7-12(21(22)23)10-15(16)17/h2-10H,1H3,(H,19,20). The molecule has 0 saturated heterocycles. The summed E-state index contributed by atoms with van der Waals surface area (Å²) in [6, 6.07) is 16.9. The lowest BCUT2D eigenvalue weighted by atomic mass is 10.0. The van der Waals surface area contributed by atoms with Crippen molar-refractivity contribution in [3.63, 3.8) is 0 Å². The maximum atomic E-state index is 11.0. The number of nitro benzene ring substituents is 1. The highest BCUT2D eigenvalue weighted by molar-refractivity contribution is 6.16. The molecule has 0 radical (unpaired) electrons. The maximum Gasteiger partial charge on any atom is 0.270 e. The van der Waals surface area contributed by atoms with Crippen molar-refractivity contribution in [1.29, 1.82) is 0 Å². The molecule has 1 aromatic heterocycles. The predicted octanol–water partition coefficient (Wildman–Crippen LogP) is 4.49. The van der Waals surface area contributed by atoms with Crippen LogP contribution < -0.4 is 5.32 Å². The first-order valence-electron chi connectivity index (χ1n) is 7.26. The summed E-state index contributed by atoms with van der Waals surface area (Å²) >= 11 is 0. The predicted molar refractivity (Wildman–Crippen MR) is 93.0 cm³/mol. The third kappa shape index (κ3) is 1.97. The fraction of sp³-hybridized carbons (Fsp3) is 0.0556. The van der Waals surface area contributed by atoms with Gasteiger partial charge in [-0.2, -0.15) is 0 Å². The molecule has 0 atom stereocenters. The van der Waals surface area contributed by atoms with Crippen molar-refractivity contribution in [2.45, 2.75) is 0 Å². The number of nitrogens with one attached hydrogen (secondary N) is 1. The van der Waals surface area contributed by atoms with E-state index in [0.29, 0.717) is 0 Å². The molecule has 3 aromatic carbocycles. The third-order valence-corrected chi connectivity index (χ3v) is 4.11. The van der Waals surface area contributed by atoms with E-state index in [-0.39, 0.29) is 10.6 Å². The largest absolute Gasteiger partial charge is 0.387 e. The molecule has 0 unspecified atom stereocenters. The molecule has 23 heavy (non-hydrogen) atoms. The van der Waals surface area contributed by atoms with E-state index in [9.17, 15) is 10.1 Å². The number of hydrogen-bond donors (Lipinski definition) is 1. The molecule has 0 bridgehead atoms. The summed E-state index contributed by atoms with van der Waals surface area (Å²) in [4.78, 5) is 15.4. The van der Waals surface area contributed by atoms with Gasteiger partial charge in [0.2, 0.25) is 0 Å². The second kappa shape index (κ2) is 4.91. The van der Waals surface area contributed by atoms with Gasteiger partial charge in [-0.05, 0) is 11.5 Å². The highest BCUT2D eigenvalue weighted by atomic mass is 16.6. The number of non-ortho nitro benzene ring substituents is 1. The number of pyridine rings is 1. The number of aromatic nitrogens is 1. The summed E-state index contributed by atoms with van der Waals surface area (Å²) in [6.07, 6.45) is 0. The third-order valence-electron chi connectivity index (χ3n) is 4.11. The molecular formula is C18H13N3O2. The van der Waals surface area contributed by atoms with E-state index in [1.807, 2.05) is 37.4 Å². The van der Waals surface area contributed by atoms with Crippen molar-refractivity contribution in [3.05, 3.63) is 64.7 Å². The lowest BCUT2D eigenvalue weighted by molar-refractivity contribution is -0.384. The van der Waals surface area contributed by atoms with E-state index in [1.54, 1.807) is 12.1 Å². The fourth-order valence-electron chi connectivity index (χ4n) is 3.05. The van der Waals surface area contributed by atoms with Crippen LogP contribution in [0.2, 0.25) is 0 Å². The van der Waals surface area contributed by atoms with Gasteiger partial charge in [-0.25, -0.2) is 4.98 Å². The zero-order chi connectivity index (χ0) is 16.0. The van der Waals surface area contributed by atoms with Gasteiger partial charge in [-0.15, -0.1) is 0 Å². The minimum Gasteiger partial charge on any atom is -0.387 e. The first-order valence-corrected chi connectivity index (χ1v) is 7.26. The zero-order valence-corrected chi connectivity index (χ0v) is 12.4. The molecule has 0 fully saturated rings. The Balaban J connectivity index is 2.20. The van der Waals surface area contributed by atoms with Gasteiger partial charge < -0.3 is 5.32 Å². The molecule has 1 heterocycles. The van der Waals surface area contributed by atoms with E-state index in [2.05, 4.69) is 11.4 Å². The van der Waals surface area contributed by atoms with Crippen molar-refractivity contribution in [2.24, 2.45) is 0 Å². The molecule has 112 valence electrons. The Morgan fingerprint density at radius 3 is 2.61 bits per heavy atom. The monoisotopic (exact) mass is 303 g/mol. The van der Waals surface area contributed by atoms with Gasteiger partial charge in [0.1, 0.15) is 0 Å². The highest BCUT2D eigenvalue weighted by Crippen LogP contribution is 2.35. The number of benzene rings is 3. The molecule has 1 N–H and O–H groups in total. The molecule has 0 amide bonds. The Bertz CT molecular complexity index is 1090. The Labute approximate surface area is 131 Å². The molecule has 0 spiro atoms. The molecule has 5 nitrogen and oxygen atoms in total. The van der Waals surface area contributed by atoms with Crippen LogP contribution in [0.4, 0.5) is 11.4 Å². The maximum absolute atomic E-state index is 11.0. The second-order valence-corrected chi connectivity index (χ2v) is 5.38. The molecule has 0 aliphatic heterocycles. The Kier molecular flexibility index (Phi) is 2.87. The van der Waals surface area contributed by atoms with Crippen LogP contribution in [-0.2, 0) is 0 Å². The summed E-state index contributed by atoms with van der Waals surface area (Å²) in [6.45, 7) is 0. The molecule has 5 heteroatoms. The first kappa shape index (κ1) is 13.5. The van der Waals surface area contributed by atoms with Crippen LogP contribution in [0.15, 0.2) is 54.6 Å². The van der Waals surface area contributed by atoms with E-state index in [1.165, 1.54) is 6.07 Å². The van der Waals surface area contributed by atoms with E-state index >= 15 is 0 Å². The van der Waals surface area contributed by atoms with Gasteiger partial charge in [0.25, 0.3) is 5.69 Å². The Morgan fingerprint density at radius 2 is 1.83 bits per heavy atom. The highest BCUT2D eigenvalue weighted by Gasteiger charge is 2.14. The van der Waals surface area contributed by atoms with Crippen LogP contribution >= 0.6 is 0 Å². The van der Waals surface area contributed by atoms with Gasteiger partial charge in [0, 0.05) is 35.3 Å². The van der Waals surface area contributed by atoms with Gasteiger partial charge in [-0.1, -0.05) is 36.4 Å². The first-order chi connectivity index (χ1) is 11.2. The lowest BCUT2D eigenvalue weighted by Gasteiger charge is -2.12. The SMILES string of the molecule is CNc1c2cc([N+](=O)[O-])ccc2nc2c1ccc1ccccc12. The lowest BCUT2D eigenvalue weighted by Crippen LogP contribution is -1.96. The van der Waals surface area contributed by atoms with Gasteiger partial charge in [-0.3, -0.25) is 10.1 Å². The molecule has 0 aliphatic rings. The number of nitrogens with zero attached hydrogens (tertiary/aromatic N) is 2. The molecular weight excluding hydrogens is 290 g/mol. The molecule has 0 aliphatic carbocycles. The molecule has 4 rings (SSSR count). The fourth-order valence-corrected chi connectivity index (χ4v) is 3.05. The Morgan fingerprint density at radius 1 is 1.00 bits per heavy atom. The molecule has 4 aromatic rings. The van der Waals surface area contributed by atoms with Crippen LogP contribution in [0.3, 0.4) is 0 Å². The van der Waals surface area contributed by atoms with Crippen molar-refractivity contribution in [3.8, 4) is 0 Å². The van der Waals surface area contributed by atoms with Gasteiger partial charge in [0.05, 0.1) is 21.6 Å². The van der Waals surface area contributed by atoms with Crippen LogP contribution in [-0.4, -0.2) is 17.0 Å². The van der Waals surface area contributed by atoms with Crippen LogP contribution in [0.25, 0.3) is 32.6 Å². The smallest absolute Gasteiger partial charge is 0.270 e. The van der Waals surface area contributed by atoms with Gasteiger partial charge in [0.15, 0.2) is 0 Å². The number of anilines is 1. The van der Waals surface area contributed by atoms with Crippen LogP contribution in [0.1, 0.15) is 0 Å². The summed E-state index contributed by atoms with van der Waals surface area (Å²) in [5.74, 6) is 0. The second-order valence-electron chi connectivity index (χ2n) is 5.38. The van der Waals surface area contributed by atoms with E-state index in [0.717, 1.165) is 38.3 Å². The van der Waals surface area contributed by atoms with Crippen molar-refractivity contribution in [1.82, 2.24) is 4.98 Å². The Hall–Kier alpha value is -3.21. The van der Waals surface area contributed by atoms with E-state index < -0.39 is 0 Å². The average Bonchev–Trinajstić information content (AvgIpc) is 2.59. The van der Waals surface area contributed by atoms with Crippen molar-refractivity contribution in [2.75, 3.05) is 12.4 Å². The van der Waals surface area contributed by atoms with Gasteiger partial charge >= 0.3 is 0 Å².